The normalized spacial score (nSPS) is 11.0. The van der Waals surface area contributed by atoms with Gasteiger partial charge in [-0.3, -0.25) is 4.98 Å². The maximum atomic E-state index is 12.6. The highest BCUT2D eigenvalue weighted by atomic mass is 32.1. The summed E-state index contributed by atoms with van der Waals surface area (Å²) in [4.78, 5) is 21.3. The molecule has 0 saturated carbocycles. The largest absolute Gasteiger partial charge is 0.452 e. The Morgan fingerprint density at radius 1 is 1.19 bits per heavy atom. The van der Waals surface area contributed by atoms with Crippen molar-refractivity contribution in [1.29, 1.82) is 0 Å². The van der Waals surface area contributed by atoms with Crippen molar-refractivity contribution in [2.45, 2.75) is 20.5 Å². The number of benzene rings is 1. The van der Waals surface area contributed by atoms with Crippen LogP contribution in [0.5, 0.6) is 0 Å². The summed E-state index contributed by atoms with van der Waals surface area (Å²) < 4.78 is 10.5. The molecule has 4 aromatic rings. The van der Waals surface area contributed by atoms with Gasteiger partial charge in [-0.2, -0.15) is 16.3 Å². The van der Waals surface area contributed by atoms with Crippen LogP contribution in [0.3, 0.4) is 0 Å². The third-order valence-corrected chi connectivity index (χ3v) is 4.57. The molecule has 0 amide bonds. The van der Waals surface area contributed by atoms with Crippen molar-refractivity contribution in [3.05, 3.63) is 63.8 Å². The molecule has 26 heavy (non-hydrogen) atoms. The number of aromatic nitrogens is 3. The Morgan fingerprint density at radius 3 is 2.88 bits per heavy atom. The molecule has 0 aliphatic carbocycles. The highest BCUT2D eigenvalue weighted by Gasteiger charge is 2.16. The quantitative estimate of drug-likeness (QED) is 0.501. The van der Waals surface area contributed by atoms with Gasteiger partial charge in [-0.1, -0.05) is 16.8 Å². The zero-order chi connectivity index (χ0) is 18.1. The molecule has 6 nitrogen and oxygen atoms in total. The monoisotopic (exact) mass is 365 g/mol. The second-order valence-corrected chi connectivity index (χ2v) is 6.71. The molecule has 0 atom stereocenters. The lowest BCUT2D eigenvalue weighted by Gasteiger charge is -2.08. The van der Waals surface area contributed by atoms with Crippen molar-refractivity contribution < 1.29 is 14.1 Å². The molecule has 7 heteroatoms. The summed E-state index contributed by atoms with van der Waals surface area (Å²) in [7, 11) is 0. The van der Waals surface area contributed by atoms with E-state index in [1.165, 1.54) is 0 Å². The fourth-order valence-electron chi connectivity index (χ4n) is 2.67. The van der Waals surface area contributed by atoms with E-state index in [4.69, 9.17) is 9.26 Å². The number of nitrogens with zero attached hydrogens (tertiary/aromatic N) is 3. The molecular formula is C19H15N3O3S. The van der Waals surface area contributed by atoms with Gasteiger partial charge in [-0.25, -0.2) is 4.79 Å². The van der Waals surface area contributed by atoms with E-state index in [0.29, 0.717) is 11.4 Å². The van der Waals surface area contributed by atoms with Crippen LogP contribution in [0.15, 0.2) is 45.6 Å². The number of esters is 1. The molecule has 0 aliphatic heterocycles. The van der Waals surface area contributed by atoms with Crippen molar-refractivity contribution >= 4 is 28.2 Å². The third-order valence-electron chi connectivity index (χ3n) is 3.89. The Morgan fingerprint density at radius 2 is 2.08 bits per heavy atom. The van der Waals surface area contributed by atoms with Gasteiger partial charge in [0.05, 0.1) is 11.1 Å². The molecule has 0 saturated heterocycles. The number of hydrogen-bond donors (Lipinski definition) is 0. The van der Waals surface area contributed by atoms with Crippen LogP contribution in [0.1, 0.15) is 27.5 Å². The van der Waals surface area contributed by atoms with Crippen LogP contribution in [-0.2, 0) is 11.3 Å². The summed E-state index contributed by atoms with van der Waals surface area (Å²) in [6.07, 6.45) is 0. The standard InChI is InChI=1S/C19H15N3O3S/c1-11-3-4-16-14(7-11)15(8-12(2)20-16)19(23)24-9-17-21-18(22-25-17)13-5-6-26-10-13/h3-8,10H,9H2,1-2H3. The minimum absolute atomic E-state index is 0.0787. The first-order chi connectivity index (χ1) is 12.6. The third kappa shape index (κ3) is 3.21. The van der Waals surface area contributed by atoms with E-state index < -0.39 is 5.97 Å². The van der Waals surface area contributed by atoms with Crippen LogP contribution in [0.25, 0.3) is 22.3 Å². The minimum atomic E-state index is -0.443. The zero-order valence-electron chi connectivity index (χ0n) is 14.2. The summed E-state index contributed by atoms with van der Waals surface area (Å²) in [5, 5.41) is 8.53. The topological polar surface area (TPSA) is 78.1 Å². The molecule has 4 rings (SSSR count). The highest BCUT2D eigenvalue weighted by molar-refractivity contribution is 7.08. The van der Waals surface area contributed by atoms with Gasteiger partial charge in [0.25, 0.3) is 5.89 Å². The Hall–Kier alpha value is -3.06. The molecule has 0 aliphatic rings. The van der Waals surface area contributed by atoms with Crippen molar-refractivity contribution in [3.8, 4) is 11.4 Å². The predicted molar refractivity (Wildman–Crippen MR) is 97.9 cm³/mol. The Labute approximate surface area is 153 Å². The first-order valence-electron chi connectivity index (χ1n) is 8.00. The SMILES string of the molecule is Cc1ccc2nc(C)cc(C(=O)OCc3nc(-c4ccsc4)no3)c2c1. The van der Waals surface area contributed by atoms with Crippen LogP contribution < -0.4 is 0 Å². The van der Waals surface area contributed by atoms with Gasteiger partial charge in [0.2, 0.25) is 5.82 Å². The summed E-state index contributed by atoms with van der Waals surface area (Å²) in [5.74, 6) is 0.297. The van der Waals surface area contributed by atoms with E-state index >= 15 is 0 Å². The lowest BCUT2D eigenvalue weighted by Crippen LogP contribution is -2.07. The summed E-state index contributed by atoms with van der Waals surface area (Å²) >= 11 is 1.55. The number of rotatable bonds is 4. The molecule has 3 heterocycles. The lowest BCUT2D eigenvalue weighted by atomic mass is 10.1. The number of carbonyl (C=O) groups excluding carboxylic acids is 1. The molecule has 3 aromatic heterocycles. The maximum Gasteiger partial charge on any atom is 0.339 e. The number of aryl methyl sites for hydroxylation is 2. The van der Waals surface area contributed by atoms with Crippen molar-refractivity contribution in [1.82, 2.24) is 15.1 Å². The predicted octanol–water partition coefficient (Wildman–Crippen LogP) is 4.32. The summed E-state index contributed by atoms with van der Waals surface area (Å²) in [6.45, 7) is 3.74. The first kappa shape index (κ1) is 16.4. The van der Waals surface area contributed by atoms with E-state index in [1.54, 1.807) is 17.4 Å². The maximum absolute atomic E-state index is 12.6. The molecule has 0 bridgehead atoms. The van der Waals surface area contributed by atoms with Crippen LogP contribution in [0.2, 0.25) is 0 Å². The van der Waals surface area contributed by atoms with Crippen molar-refractivity contribution in [2.75, 3.05) is 0 Å². The average molecular weight is 365 g/mol. The van der Waals surface area contributed by atoms with Crippen LogP contribution in [0.4, 0.5) is 0 Å². The average Bonchev–Trinajstić information content (AvgIpc) is 3.30. The first-order valence-corrected chi connectivity index (χ1v) is 8.95. The van der Waals surface area contributed by atoms with Gasteiger partial charge in [0.1, 0.15) is 0 Å². The fourth-order valence-corrected chi connectivity index (χ4v) is 3.30. The van der Waals surface area contributed by atoms with Gasteiger partial charge < -0.3 is 9.26 Å². The second-order valence-electron chi connectivity index (χ2n) is 5.93. The van der Waals surface area contributed by atoms with Crippen LogP contribution >= 0.6 is 11.3 Å². The highest BCUT2D eigenvalue weighted by Crippen LogP contribution is 2.22. The van der Waals surface area contributed by atoms with Gasteiger partial charge in [-0.15, -0.1) is 0 Å². The van der Waals surface area contributed by atoms with Crippen LogP contribution in [-0.4, -0.2) is 21.1 Å². The summed E-state index contributed by atoms with van der Waals surface area (Å²) in [6, 6.07) is 9.43. The van der Waals surface area contributed by atoms with E-state index in [1.807, 2.05) is 48.9 Å². The van der Waals surface area contributed by atoms with E-state index in [0.717, 1.165) is 27.7 Å². The van der Waals surface area contributed by atoms with Crippen molar-refractivity contribution in [3.63, 3.8) is 0 Å². The van der Waals surface area contributed by atoms with Gasteiger partial charge >= 0.3 is 5.97 Å². The smallest absolute Gasteiger partial charge is 0.339 e. The fraction of sp³-hybridized carbons (Fsp3) is 0.158. The molecular weight excluding hydrogens is 350 g/mol. The van der Waals surface area contributed by atoms with Crippen LogP contribution in [0, 0.1) is 13.8 Å². The Balaban J connectivity index is 1.55. The lowest BCUT2D eigenvalue weighted by molar-refractivity contribution is 0.0432. The van der Waals surface area contributed by atoms with E-state index in [2.05, 4.69) is 15.1 Å². The molecule has 0 radical (unpaired) electrons. The number of pyridine rings is 1. The molecule has 0 spiro atoms. The zero-order valence-corrected chi connectivity index (χ0v) is 15.0. The Bertz CT molecular complexity index is 1090. The number of carbonyl (C=O) groups is 1. The second kappa shape index (κ2) is 6.68. The van der Waals surface area contributed by atoms with E-state index in [9.17, 15) is 4.79 Å². The van der Waals surface area contributed by atoms with Gasteiger partial charge in [-0.05, 0) is 43.5 Å². The van der Waals surface area contributed by atoms with E-state index in [-0.39, 0.29) is 12.5 Å². The van der Waals surface area contributed by atoms with Gasteiger partial charge in [0.15, 0.2) is 6.61 Å². The number of hydrogen-bond acceptors (Lipinski definition) is 7. The van der Waals surface area contributed by atoms with Gasteiger partial charge in [0, 0.05) is 22.0 Å². The number of thiophene rings is 1. The Kier molecular flexibility index (Phi) is 4.22. The van der Waals surface area contributed by atoms with Crippen molar-refractivity contribution in [2.24, 2.45) is 0 Å². The number of fused-ring (bicyclic) bond motifs is 1. The molecule has 0 N–H and O–H groups in total. The molecule has 1 aromatic carbocycles. The summed E-state index contributed by atoms with van der Waals surface area (Å²) in [5.41, 5.74) is 3.93. The number of ether oxygens (including phenoxy) is 1. The minimum Gasteiger partial charge on any atom is -0.452 e. The molecule has 130 valence electrons. The molecule has 0 fully saturated rings. The molecule has 0 unspecified atom stereocenters.